The van der Waals surface area contributed by atoms with E-state index in [-0.39, 0.29) is 0 Å². The number of ether oxygens (including phenoxy) is 1. The largest absolute Gasteiger partial charge is 0.419 e. The Labute approximate surface area is 116 Å². The summed E-state index contributed by atoms with van der Waals surface area (Å²) in [5.41, 5.74) is 0.422. The van der Waals surface area contributed by atoms with E-state index in [0.29, 0.717) is 10.5 Å². The Kier molecular flexibility index (Phi) is 8.40. The number of hydrogen-bond donors (Lipinski definition) is 0. The molecule has 0 aromatic heterocycles. The SMILES string of the molecule is CCOCCCO[SiH](CCC(C)(C)C)C(C)(C)C. The molecule has 0 aromatic rings. The highest BCUT2D eigenvalue weighted by Gasteiger charge is 2.29. The molecule has 0 fully saturated rings. The molecule has 0 rings (SSSR count). The molecule has 110 valence electrons. The fourth-order valence-electron chi connectivity index (χ4n) is 1.86. The van der Waals surface area contributed by atoms with E-state index >= 15 is 0 Å². The summed E-state index contributed by atoms with van der Waals surface area (Å²) in [5, 5.41) is 0.358. The zero-order chi connectivity index (χ0) is 14.2. The van der Waals surface area contributed by atoms with Crippen molar-refractivity contribution in [1.82, 2.24) is 0 Å². The highest BCUT2D eigenvalue weighted by Crippen LogP contribution is 2.33. The minimum Gasteiger partial charge on any atom is -0.419 e. The Balaban J connectivity index is 4.02. The van der Waals surface area contributed by atoms with Gasteiger partial charge in [0.1, 0.15) is 0 Å². The van der Waals surface area contributed by atoms with Crippen LogP contribution in [0.25, 0.3) is 0 Å². The molecule has 0 spiro atoms. The molecule has 0 aliphatic heterocycles. The third-order valence-electron chi connectivity index (χ3n) is 3.08. The smallest absolute Gasteiger partial charge is 0.182 e. The second kappa shape index (κ2) is 8.34. The standard InChI is InChI=1S/C15H34O2Si/c1-8-16-11-9-12-17-18(15(5,6)7)13-10-14(2,3)4/h18H,8-13H2,1-7H3. The van der Waals surface area contributed by atoms with Crippen molar-refractivity contribution < 1.29 is 9.16 Å². The maximum absolute atomic E-state index is 6.21. The Morgan fingerprint density at radius 1 is 0.944 bits per heavy atom. The molecule has 18 heavy (non-hydrogen) atoms. The van der Waals surface area contributed by atoms with E-state index in [2.05, 4.69) is 41.5 Å². The van der Waals surface area contributed by atoms with Crippen LogP contribution in [0.3, 0.4) is 0 Å². The highest BCUT2D eigenvalue weighted by atomic mass is 28.3. The summed E-state index contributed by atoms with van der Waals surface area (Å²) in [5.74, 6) is 0. The van der Waals surface area contributed by atoms with Crippen LogP contribution < -0.4 is 0 Å². The summed E-state index contributed by atoms with van der Waals surface area (Å²) in [6, 6.07) is 1.28. The van der Waals surface area contributed by atoms with E-state index in [4.69, 9.17) is 9.16 Å². The lowest BCUT2D eigenvalue weighted by molar-refractivity contribution is 0.129. The van der Waals surface area contributed by atoms with Crippen molar-refractivity contribution in [1.29, 1.82) is 0 Å². The van der Waals surface area contributed by atoms with Crippen molar-refractivity contribution in [2.75, 3.05) is 19.8 Å². The lowest BCUT2D eigenvalue weighted by Crippen LogP contribution is -2.31. The van der Waals surface area contributed by atoms with Gasteiger partial charge in [-0.3, -0.25) is 0 Å². The van der Waals surface area contributed by atoms with Gasteiger partial charge in [-0.2, -0.15) is 0 Å². The van der Waals surface area contributed by atoms with E-state index in [1.807, 2.05) is 6.92 Å². The molecule has 0 heterocycles. The van der Waals surface area contributed by atoms with Gasteiger partial charge in [0.05, 0.1) is 0 Å². The predicted octanol–water partition coefficient (Wildman–Crippen LogP) is 4.39. The molecule has 0 aromatic carbocycles. The summed E-state index contributed by atoms with van der Waals surface area (Å²) >= 11 is 0. The fraction of sp³-hybridized carbons (Fsp3) is 1.00. The van der Waals surface area contributed by atoms with Crippen LogP contribution in [0.5, 0.6) is 0 Å². The molecule has 1 atom stereocenters. The molecular formula is C15H34O2Si. The van der Waals surface area contributed by atoms with Crippen molar-refractivity contribution in [3.63, 3.8) is 0 Å². The summed E-state index contributed by atoms with van der Waals surface area (Å²) in [7, 11) is -1.13. The molecule has 0 bridgehead atoms. The van der Waals surface area contributed by atoms with Crippen LogP contribution in [-0.4, -0.2) is 28.9 Å². The summed E-state index contributed by atoms with van der Waals surface area (Å²) in [6.45, 7) is 18.5. The van der Waals surface area contributed by atoms with E-state index < -0.39 is 9.04 Å². The number of hydrogen-bond acceptors (Lipinski definition) is 2. The third kappa shape index (κ3) is 10.1. The van der Waals surface area contributed by atoms with Crippen LogP contribution in [0.1, 0.15) is 61.3 Å². The van der Waals surface area contributed by atoms with Crippen molar-refractivity contribution >= 4 is 9.04 Å². The van der Waals surface area contributed by atoms with Gasteiger partial charge < -0.3 is 9.16 Å². The Morgan fingerprint density at radius 3 is 2.00 bits per heavy atom. The molecule has 0 radical (unpaired) electrons. The minimum absolute atomic E-state index is 0.358. The topological polar surface area (TPSA) is 18.5 Å². The molecule has 0 aliphatic carbocycles. The zero-order valence-corrected chi connectivity index (χ0v) is 14.8. The van der Waals surface area contributed by atoms with Crippen LogP contribution >= 0.6 is 0 Å². The van der Waals surface area contributed by atoms with E-state index in [1.165, 1.54) is 12.5 Å². The first kappa shape index (κ1) is 18.1. The first-order valence-corrected chi connectivity index (χ1v) is 9.22. The zero-order valence-electron chi connectivity index (χ0n) is 13.6. The van der Waals surface area contributed by atoms with Crippen LogP contribution in [0.15, 0.2) is 0 Å². The summed E-state index contributed by atoms with van der Waals surface area (Å²) < 4.78 is 11.6. The Morgan fingerprint density at radius 2 is 1.56 bits per heavy atom. The van der Waals surface area contributed by atoms with Crippen molar-refractivity contribution in [3.05, 3.63) is 0 Å². The molecule has 2 nitrogen and oxygen atoms in total. The van der Waals surface area contributed by atoms with Gasteiger partial charge in [0.25, 0.3) is 0 Å². The van der Waals surface area contributed by atoms with Crippen molar-refractivity contribution in [3.8, 4) is 0 Å². The molecule has 0 aliphatic rings. The average Bonchev–Trinajstić information content (AvgIpc) is 2.18. The Bertz CT molecular complexity index is 204. The Hall–Kier alpha value is 0.137. The fourth-order valence-corrected chi connectivity index (χ4v) is 4.97. The maximum Gasteiger partial charge on any atom is 0.182 e. The predicted molar refractivity (Wildman–Crippen MR) is 82.8 cm³/mol. The van der Waals surface area contributed by atoms with Crippen molar-refractivity contribution in [2.45, 2.75) is 72.4 Å². The van der Waals surface area contributed by atoms with Crippen LogP contribution in [0.4, 0.5) is 0 Å². The normalized spacial score (nSPS) is 14.8. The van der Waals surface area contributed by atoms with E-state index in [9.17, 15) is 0 Å². The van der Waals surface area contributed by atoms with Gasteiger partial charge in [0, 0.05) is 19.8 Å². The summed E-state index contributed by atoms with van der Waals surface area (Å²) in [4.78, 5) is 0. The van der Waals surface area contributed by atoms with Gasteiger partial charge in [0.15, 0.2) is 9.04 Å². The molecule has 3 heteroatoms. The second-order valence-electron chi connectivity index (χ2n) is 7.38. The first-order chi connectivity index (χ1) is 8.17. The minimum atomic E-state index is -1.13. The van der Waals surface area contributed by atoms with Gasteiger partial charge in [0.2, 0.25) is 0 Å². The van der Waals surface area contributed by atoms with Crippen LogP contribution in [0.2, 0.25) is 11.1 Å². The third-order valence-corrected chi connectivity index (χ3v) is 6.46. The molecule has 0 amide bonds. The van der Waals surface area contributed by atoms with Gasteiger partial charge in [-0.15, -0.1) is 0 Å². The summed E-state index contributed by atoms with van der Waals surface area (Å²) in [6.07, 6.45) is 2.30. The van der Waals surface area contributed by atoms with E-state index in [1.54, 1.807) is 0 Å². The van der Waals surface area contributed by atoms with Gasteiger partial charge in [-0.1, -0.05) is 41.5 Å². The van der Waals surface area contributed by atoms with Crippen molar-refractivity contribution in [2.24, 2.45) is 5.41 Å². The molecular weight excluding hydrogens is 240 g/mol. The molecule has 0 saturated carbocycles. The highest BCUT2D eigenvalue weighted by molar-refractivity contribution is 6.55. The first-order valence-electron chi connectivity index (χ1n) is 7.36. The quantitative estimate of drug-likeness (QED) is 0.483. The van der Waals surface area contributed by atoms with Gasteiger partial charge in [-0.05, 0) is 36.3 Å². The lowest BCUT2D eigenvalue weighted by Gasteiger charge is -2.31. The molecule has 0 saturated heterocycles. The van der Waals surface area contributed by atoms with Gasteiger partial charge in [-0.25, -0.2) is 0 Å². The number of rotatable bonds is 8. The van der Waals surface area contributed by atoms with E-state index in [0.717, 1.165) is 26.2 Å². The van der Waals surface area contributed by atoms with Crippen LogP contribution in [-0.2, 0) is 9.16 Å². The molecule has 0 N–H and O–H groups in total. The monoisotopic (exact) mass is 274 g/mol. The lowest BCUT2D eigenvalue weighted by atomic mass is 9.94. The average molecular weight is 275 g/mol. The maximum atomic E-state index is 6.21. The second-order valence-corrected chi connectivity index (χ2v) is 11.0. The molecule has 1 unspecified atom stereocenters. The van der Waals surface area contributed by atoms with Crippen LogP contribution in [0, 0.1) is 5.41 Å². The van der Waals surface area contributed by atoms with Gasteiger partial charge >= 0.3 is 0 Å².